The summed E-state index contributed by atoms with van der Waals surface area (Å²) < 4.78 is 14.7. The van der Waals surface area contributed by atoms with Gasteiger partial charge in [-0.15, -0.1) is 5.10 Å². The Balaban J connectivity index is 1.02. The van der Waals surface area contributed by atoms with Crippen LogP contribution in [0.3, 0.4) is 0 Å². The predicted octanol–water partition coefficient (Wildman–Crippen LogP) is 11.0. The molecule has 7 heteroatoms. The summed E-state index contributed by atoms with van der Waals surface area (Å²) in [7, 11) is 0. The molecule has 3 aliphatic rings. The van der Waals surface area contributed by atoms with Gasteiger partial charge in [0.1, 0.15) is 11.4 Å². The summed E-state index contributed by atoms with van der Waals surface area (Å²) in [5.41, 5.74) is 7.46. The number of anilines is 5. The number of fused-ring (bicyclic) bond motifs is 4. The second-order valence-corrected chi connectivity index (χ2v) is 13.3. The average Bonchev–Trinajstić information content (AvgIpc) is 3.65. The number of allylic oxidation sites excluding steroid dienone is 2. The van der Waals surface area contributed by atoms with Crippen LogP contribution < -0.4 is 19.3 Å². The van der Waals surface area contributed by atoms with Gasteiger partial charge in [0.2, 0.25) is 0 Å². The molecular formula is C45H33N5O2. The molecule has 0 fully saturated rings. The maximum Gasteiger partial charge on any atom is 0.182 e. The van der Waals surface area contributed by atoms with Gasteiger partial charge in [0.25, 0.3) is 0 Å². The monoisotopic (exact) mass is 675 g/mol. The van der Waals surface area contributed by atoms with Crippen LogP contribution in [0.4, 0.5) is 28.4 Å². The van der Waals surface area contributed by atoms with Gasteiger partial charge in [0.05, 0.1) is 28.8 Å². The minimum atomic E-state index is -0.489. The largest absolute Gasteiger partial charge is 0.479 e. The number of para-hydroxylation sites is 6. The Labute approximate surface area is 302 Å². The second-order valence-electron chi connectivity index (χ2n) is 13.3. The van der Waals surface area contributed by atoms with E-state index in [1.165, 1.54) is 0 Å². The number of aromatic nitrogens is 3. The first kappa shape index (κ1) is 30.0. The van der Waals surface area contributed by atoms with Crippen molar-refractivity contribution in [3.8, 4) is 45.7 Å². The maximum absolute atomic E-state index is 6.53. The molecule has 0 saturated carbocycles. The molecule has 10 rings (SSSR count). The van der Waals surface area contributed by atoms with E-state index in [1.54, 1.807) is 0 Å². The number of rotatable bonds is 5. The molecule has 7 aromatic rings. The molecule has 52 heavy (non-hydrogen) atoms. The second kappa shape index (κ2) is 11.9. The van der Waals surface area contributed by atoms with E-state index in [0.717, 1.165) is 68.3 Å². The van der Waals surface area contributed by atoms with Gasteiger partial charge >= 0.3 is 0 Å². The topological polar surface area (TPSA) is 55.7 Å². The van der Waals surface area contributed by atoms with E-state index in [-0.39, 0.29) is 6.04 Å². The number of hydrogen-bond acceptors (Lipinski definition) is 6. The molecule has 250 valence electrons. The molecule has 0 spiro atoms. The zero-order valence-electron chi connectivity index (χ0n) is 28.4. The molecule has 2 aliphatic heterocycles. The van der Waals surface area contributed by atoms with Gasteiger partial charge in [-0.2, -0.15) is 0 Å². The highest BCUT2D eigenvalue weighted by Gasteiger charge is 2.43. The van der Waals surface area contributed by atoms with E-state index in [0.29, 0.717) is 5.82 Å². The first-order valence-electron chi connectivity index (χ1n) is 17.5. The fourth-order valence-corrected chi connectivity index (χ4v) is 7.46. The van der Waals surface area contributed by atoms with Crippen molar-refractivity contribution in [1.82, 2.24) is 14.8 Å². The molecule has 0 bridgehead atoms. The van der Waals surface area contributed by atoms with Crippen molar-refractivity contribution in [3.63, 3.8) is 0 Å². The van der Waals surface area contributed by atoms with E-state index in [4.69, 9.17) is 19.6 Å². The van der Waals surface area contributed by atoms with Gasteiger partial charge in [0.15, 0.2) is 23.1 Å². The highest BCUT2D eigenvalue weighted by atomic mass is 16.5. The molecule has 2 atom stereocenters. The normalized spacial score (nSPS) is 18.1. The first-order chi connectivity index (χ1) is 25.6. The number of hydrogen-bond donors (Lipinski definition) is 0. The van der Waals surface area contributed by atoms with Crippen LogP contribution in [0.25, 0.3) is 28.5 Å². The minimum absolute atomic E-state index is 0.00246. The van der Waals surface area contributed by atoms with Gasteiger partial charge in [0, 0.05) is 22.5 Å². The lowest BCUT2D eigenvalue weighted by Crippen LogP contribution is -2.54. The van der Waals surface area contributed by atoms with Crippen molar-refractivity contribution in [3.05, 3.63) is 176 Å². The molecule has 3 heterocycles. The predicted molar refractivity (Wildman–Crippen MR) is 207 cm³/mol. The van der Waals surface area contributed by atoms with E-state index in [9.17, 15) is 0 Å². The fourth-order valence-electron chi connectivity index (χ4n) is 7.46. The summed E-state index contributed by atoms with van der Waals surface area (Å²) in [5.74, 6) is 3.93. The van der Waals surface area contributed by atoms with Crippen LogP contribution in [-0.4, -0.2) is 26.4 Å². The summed E-state index contributed by atoms with van der Waals surface area (Å²) in [5, 5.41) is 5.11. The smallest absolute Gasteiger partial charge is 0.182 e. The summed E-state index contributed by atoms with van der Waals surface area (Å²) >= 11 is 0. The lowest BCUT2D eigenvalue weighted by molar-refractivity contribution is 0.113. The number of benzene rings is 6. The van der Waals surface area contributed by atoms with Crippen molar-refractivity contribution < 1.29 is 9.47 Å². The Morgan fingerprint density at radius 3 is 1.87 bits per heavy atom. The van der Waals surface area contributed by atoms with Crippen LogP contribution in [0.1, 0.15) is 6.92 Å². The van der Waals surface area contributed by atoms with Gasteiger partial charge in [-0.3, -0.25) is 0 Å². The van der Waals surface area contributed by atoms with Crippen LogP contribution in [0.5, 0.6) is 17.2 Å². The van der Waals surface area contributed by atoms with E-state index >= 15 is 0 Å². The van der Waals surface area contributed by atoms with Crippen molar-refractivity contribution in [2.24, 2.45) is 0 Å². The third-order valence-electron chi connectivity index (χ3n) is 9.98. The quantitative estimate of drug-likeness (QED) is 0.181. The van der Waals surface area contributed by atoms with Crippen LogP contribution in [0, 0.1) is 0 Å². The highest BCUT2D eigenvalue weighted by Crippen LogP contribution is 2.50. The van der Waals surface area contributed by atoms with Crippen molar-refractivity contribution in [2.45, 2.75) is 18.6 Å². The molecule has 1 aromatic heterocycles. The van der Waals surface area contributed by atoms with Crippen molar-refractivity contribution in [1.29, 1.82) is 0 Å². The summed E-state index contributed by atoms with van der Waals surface area (Å²) in [6.45, 7) is 2.14. The standard InChI is InChI=1S/C45H33N5O2/c1-45-30-12-11-21-42(45)49(38-17-7-10-20-41(38)52-45)34-24-22-31(23-25-34)43-46-44(32-13-3-2-4-14-32)50(47-43)35-28-26-33(27-29-35)48-36-15-5-8-18-39(36)51-40-19-9-6-16-37(40)48/h2-30,42H,1H3. The van der Waals surface area contributed by atoms with Gasteiger partial charge in [-0.05, 0) is 97.9 Å². The van der Waals surface area contributed by atoms with Gasteiger partial charge in [-0.25, -0.2) is 9.67 Å². The van der Waals surface area contributed by atoms with Crippen molar-refractivity contribution in [2.75, 3.05) is 9.80 Å². The Morgan fingerprint density at radius 2 is 1.15 bits per heavy atom. The van der Waals surface area contributed by atoms with E-state index in [1.807, 2.05) is 71.4 Å². The third-order valence-corrected chi connectivity index (χ3v) is 9.98. The number of ether oxygens (including phenoxy) is 2. The molecular weight excluding hydrogens is 643 g/mol. The van der Waals surface area contributed by atoms with Crippen LogP contribution in [0.15, 0.2) is 176 Å². The van der Waals surface area contributed by atoms with Gasteiger partial charge < -0.3 is 19.3 Å². The maximum atomic E-state index is 6.53. The molecule has 0 amide bonds. The van der Waals surface area contributed by atoms with E-state index < -0.39 is 5.60 Å². The molecule has 2 unspecified atom stereocenters. The summed E-state index contributed by atoms with van der Waals surface area (Å²) in [6.07, 6.45) is 8.51. The zero-order chi connectivity index (χ0) is 34.6. The number of nitrogens with zero attached hydrogens (tertiary/aromatic N) is 5. The Bertz CT molecular complexity index is 2460. The van der Waals surface area contributed by atoms with Crippen LogP contribution >= 0.6 is 0 Å². The van der Waals surface area contributed by atoms with Crippen LogP contribution in [-0.2, 0) is 0 Å². The zero-order valence-corrected chi connectivity index (χ0v) is 28.4. The van der Waals surface area contributed by atoms with Crippen molar-refractivity contribution >= 4 is 28.4 Å². The highest BCUT2D eigenvalue weighted by molar-refractivity contribution is 5.86. The molecule has 7 nitrogen and oxygen atoms in total. The Morgan fingerprint density at radius 1 is 0.558 bits per heavy atom. The lowest BCUT2D eigenvalue weighted by atomic mass is 9.87. The fraction of sp³-hybridized carbons (Fsp3) is 0.0667. The van der Waals surface area contributed by atoms with E-state index in [2.05, 4.69) is 126 Å². The molecule has 1 aliphatic carbocycles. The summed E-state index contributed by atoms with van der Waals surface area (Å²) in [6, 6.07) is 51.7. The Kier molecular flexibility index (Phi) is 6.86. The third kappa shape index (κ3) is 4.89. The molecule has 0 saturated heterocycles. The SMILES string of the molecule is CC12C=CC=CC1N(c1ccc(-c3nc(-c4ccccc4)n(-c4ccc(N5c6ccccc6Oc6ccccc65)cc4)n3)cc1)c1ccccc1O2. The Hall–Kier alpha value is -6.86. The molecule has 6 aromatic carbocycles. The minimum Gasteiger partial charge on any atom is -0.479 e. The lowest BCUT2D eigenvalue weighted by Gasteiger charge is -2.48. The summed E-state index contributed by atoms with van der Waals surface area (Å²) in [4.78, 5) is 9.72. The average molecular weight is 676 g/mol. The molecule has 0 N–H and O–H groups in total. The first-order valence-corrected chi connectivity index (χ1v) is 17.5. The van der Waals surface area contributed by atoms with Gasteiger partial charge in [-0.1, -0.05) is 85.0 Å². The molecule has 0 radical (unpaired) electrons. The van der Waals surface area contributed by atoms with Crippen LogP contribution in [0.2, 0.25) is 0 Å².